The number of hydrogen-bond donors (Lipinski definition) is 2. The number of likely N-dealkylation sites (N-methyl/N-ethyl adjacent to an activating group) is 1. The zero-order valence-electron chi connectivity index (χ0n) is 16.1. The molecule has 0 saturated carbocycles. The van der Waals surface area contributed by atoms with Gasteiger partial charge in [-0.1, -0.05) is 36.4 Å². The minimum absolute atomic E-state index is 0. The highest BCUT2D eigenvalue weighted by molar-refractivity contribution is 14.0. The molecule has 0 fully saturated rings. The molecule has 0 aliphatic rings. The van der Waals surface area contributed by atoms with Gasteiger partial charge in [-0.2, -0.15) is 0 Å². The van der Waals surface area contributed by atoms with E-state index in [1.807, 2.05) is 30.3 Å². The molecule has 2 rings (SSSR count). The number of carbonyl (C=O) groups excluding carboxylic acids is 1. The van der Waals surface area contributed by atoms with Crippen LogP contribution in [0.5, 0.6) is 0 Å². The molecule has 2 aromatic carbocycles. The molecule has 0 saturated heterocycles. The minimum atomic E-state index is -0.637. The number of amides is 1. The number of rotatable bonds is 6. The van der Waals surface area contributed by atoms with Crippen molar-refractivity contribution in [3.05, 3.63) is 71.3 Å². The minimum Gasteiger partial charge on any atom is -0.350 e. The van der Waals surface area contributed by atoms with E-state index < -0.39 is 17.7 Å². The fourth-order valence-corrected chi connectivity index (χ4v) is 2.36. The summed E-state index contributed by atoms with van der Waals surface area (Å²) in [5.41, 5.74) is 1.31. The summed E-state index contributed by atoms with van der Waals surface area (Å²) in [5, 5.41) is 6.02. The Hall–Kier alpha value is -2.23. The van der Waals surface area contributed by atoms with Crippen LogP contribution < -0.4 is 10.6 Å². The van der Waals surface area contributed by atoms with Crippen LogP contribution >= 0.6 is 24.0 Å². The average Bonchev–Trinajstić information content (AvgIpc) is 2.64. The fourth-order valence-electron chi connectivity index (χ4n) is 2.36. The molecule has 152 valence electrons. The number of guanidine groups is 1. The van der Waals surface area contributed by atoms with Gasteiger partial charge in [-0.05, 0) is 18.6 Å². The molecule has 0 aromatic heterocycles. The lowest BCUT2D eigenvalue weighted by atomic mass is 10.1. The second-order valence-electron chi connectivity index (χ2n) is 6.32. The molecule has 8 heteroatoms. The Morgan fingerprint density at radius 2 is 1.82 bits per heavy atom. The lowest BCUT2D eigenvalue weighted by molar-refractivity contribution is -0.127. The maximum atomic E-state index is 14.0. The van der Waals surface area contributed by atoms with E-state index in [1.54, 1.807) is 21.0 Å². The number of hydrogen-bond acceptors (Lipinski definition) is 2. The molecule has 1 atom stereocenters. The number of halogens is 3. The van der Waals surface area contributed by atoms with E-state index in [4.69, 9.17) is 0 Å². The second kappa shape index (κ2) is 11.6. The molecule has 0 radical (unpaired) electrons. The summed E-state index contributed by atoms with van der Waals surface area (Å²) in [6.45, 7) is 2.18. The third-order valence-corrected chi connectivity index (χ3v) is 3.95. The molecule has 1 unspecified atom stereocenters. The van der Waals surface area contributed by atoms with Gasteiger partial charge in [0.05, 0.1) is 19.1 Å². The first-order valence-corrected chi connectivity index (χ1v) is 8.60. The number of benzene rings is 2. The Labute approximate surface area is 181 Å². The van der Waals surface area contributed by atoms with Gasteiger partial charge in [0, 0.05) is 25.7 Å². The molecule has 0 heterocycles. The molecular weight excluding hydrogens is 477 g/mol. The average molecular weight is 502 g/mol. The van der Waals surface area contributed by atoms with Gasteiger partial charge in [0.2, 0.25) is 5.91 Å². The SMILES string of the molecule is CC(NC(=NCc1ccccc1)NCC(=O)N(C)C)c1ccc(F)cc1F.I. The van der Waals surface area contributed by atoms with Gasteiger partial charge in [-0.3, -0.25) is 4.79 Å². The van der Waals surface area contributed by atoms with Crippen LogP contribution in [0.1, 0.15) is 24.1 Å². The first-order valence-electron chi connectivity index (χ1n) is 8.60. The van der Waals surface area contributed by atoms with E-state index in [0.717, 1.165) is 11.6 Å². The first kappa shape index (κ1) is 23.8. The van der Waals surface area contributed by atoms with E-state index in [-0.39, 0.29) is 36.4 Å². The molecule has 0 aliphatic heterocycles. The predicted molar refractivity (Wildman–Crippen MR) is 118 cm³/mol. The van der Waals surface area contributed by atoms with Gasteiger partial charge < -0.3 is 15.5 Å². The molecule has 0 aliphatic carbocycles. The highest BCUT2D eigenvalue weighted by Gasteiger charge is 2.14. The van der Waals surface area contributed by atoms with Crippen molar-refractivity contribution in [2.45, 2.75) is 19.5 Å². The van der Waals surface area contributed by atoms with Crippen LogP contribution in [0.4, 0.5) is 8.78 Å². The molecule has 5 nitrogen and oxygen atoms in total. The van der Waals surface area contributed by atoms with Gasteiger partial charge in [0.25, 0.3) is 0 Å². The van der Waals surface area contributed by atoms with Crippen LogP contribution in [0.2, 0.25) is 0 Å². The monoisotopic (exact) mass is 502 g/mol. The molecule has 28 heavy (non-hydrogen) atoms. The van der Waals surface area contributed by atoms with Crippen molar-refractivity contribution in [2.75, 3.05) is 20.6 Å². The lowest BCUT2D eigenvalue weighted by Gasteiger charge is -2.20. The third-order valence-electron chi connectivity index (χ3n) is 3.95. The van der Waals surface area contributed by atoms with Crippen molar-refractivity contribution in [1.82, 2.24) is 15.5 Å². The van der Waals surface area contributed by atoms with Crippen molar-refractivity contribution >= 4 is 35.8 Å². The van der Waals surface area contributed by atoms with E-state index in [0.29, 0.717) is 18.1 Å². The summed E-state index contributed by atoms with van der Waals surface area (Å²) < 4.78 is 27.1. The molecule has 0 bridgehead atoms. The molecule has 2 N–H and O–H groups in total. The molecule has 1 amide bonds. The normalized spacial score (nSPS) is 12.0. The summed E-state index contributed by atoms with van der Waals surface area (Å²) >= 11 is 0. The Morgan fingerprint density at radius 3 is 2.43 bits per heavy atom. The summed E-state index contributed by atoms with van der Waals surface area (Å²) in [4.78, 5) is 17.8. The van der Waals surface area contributed by atoms with Crippen LogP contribution in [0.3, 0.4) is 0 Å². The van der Waals surface area contributed by atoms with Crippen LogP contribution in [-0.4, -0.2) is 37.4 Å². The van der Waals surface area contributed by atoms with Crippen molar-refractivity contribution in [2.24, 2.45) is 4.99 Å². The van der Waals surface area contributed by atoms with Gasteiger partial charge >= 0.3 is 0 Å². The summed E-state index contributed by atoms with van der Waals surface area (Å²) in [6, 6.07) is 12.6. The highest BCUT2D eigenvalue weighted by Crippen LogP contribution is 2.17. The molecule has 0 spiro atoms. The molecular formula is C20H25F2IN4O. The maximum Gasteiger partial charge on any atom is 0.241 e. The van der Waals surface area contributed by atoms with Gasteiger partial charge in [0.15, 0.2) is 5.96 Å². The smallest absolute Gasteiger partial charge is 0.241 e. The van der Waals surface area contributed by atoms with Gasteiger partial charge in [-0.25, -0.2) is 13.8 Å². The van der Waals surface area contributed by atoms with Crippen molar-refractivity contribution in [3.8, 4) is 0 Å². The summed E-state index contributed by atoms with van der Waals surface area (Å²) in [7, 11) is 3.32. The van der Waals surface area contributed by atoms with E-state index in [2.05, 4.69) is 15.6 Å². The van der Waals surface area contributed by atoms with Crippen LogP contribution in [0.15, 0.2) is 53.5 Å². The highest BCUT2D eigenvalue weighted by atomic mass is 127. The van der Waals surface area contributed by atoms with E-state index in [1.165, 1.54) is 17.0 Å². The Kier molecular flexibility index (Phi) is 9.84. The quantitative estimate of drug-likeness (QED) is 0.362. The Morgan fingerprint density at radius 1 is 1.14 bits per heavy atom. The van der Waals surface area contributed by atoms with Crippen molar-refractivity contribution in [3.63, 3.8) is 0 Å². The maximum absolute atomic E-state index is 14.0. The summed E-state index contributed by atoms with van der Waals surface area (Å²) in [5.74, 6) is -1.02. The van der Waals surface area contributed by atoms with Crippen LogP contribution in [-0.2, 0) is 11.3 Å². The zero-order chi connectivity index (χ0) is 19.8. The number of carbonyl (C=O) groups is 1. The van der Waals surface area contributed by atoms with Crippen LogP contribution in [0.25, 0.3) is 0 Å². The third kappa shape index (κ3) is 7.41. The largest absolute Gasteiger partial charge is 0.350 e. The standard InChI is InChI=1S/C20H24F2N4O.HI/c1-14(17-10-9-16(21)11-18(17)22)25-20(24-13-19(27)26(2)3)23-12-15-7-5-4-6-8-15;/h4-11,14H,12-13H2,1-3H3,(H2,23,24,25);1H. The first-order chi connectivity index (χ1) is 12.9. The van der Waals surface area contributed by atoms with Gasteiger partial charge in [0.1, 0.15) is 11.6 Å². The lowest BCUT2D eigenvalue weighted by Crippen LogP contribution is -2.43. The predicted octanol–water partition coefficient (Wildman–Crippen LogP) is 3.47. The number of nitrogens with zero attached hydrogens (tertiary/aromatic N) is 2. The Balaban J connectivity index is 0.00000392. The second-order valence-corrected chi connectivity index (χ2v) is 6.32. The van der Waals surface area contributed by atoms with Crippen molar-refractivity contribution in [1.29, 1.82) is 0 Å². The Bertz CT molecular complexity index is 800. The zero-order valence-corrected chi connectivity index (χ0v) is 18.4. The number of aliphatic imine (C=N–C) groups is 1. The van der Waals surface area contributed by atoms with Crippen LogP contribution in [0, 0.1) is 11.6 Å². The topological polar surface area (TPSA) is 56.7 Å². The fraction of sp³-hybridized carbons (Fsp3) is 0.300. The van der Waals surface area contributed by atoms with E-state index in [9.17, 15) is 13.6 Å². The van der Waals surface area contributed by atoms with Gasteiger partial charge in [-0.15, -0.1) is 24.0 Å². The van der Waals surface area contributed by atoms with E-state index >= 15 is 0 Å². The van der Waals surface area contributed by atoms with Crippen molar-refractivity contribution < 1.29 is 13.6 Å². The number of nitrogens with one attached hydrogen (secondary N) is 2. The summed E-state index contributed by atoms with van der Waals surface area (Å²) in [6.07, 6.45) is 0. The molecule has 2 aromatic rings.